The minimum Gasteiger partial charge on any atom is -0.320 e. The number of nitrogens with one attached hydrogen (secondary N) is 1. The number of alkyl halides is 1. The predicted octanol–water partition coefficient (Wildman–Crippen LogP) is 3.37. The molecule has 1 heterocycles. The highest BCUT2D eigenvalue weighted by Crippen LogP contribution is 2.18. The van der Waals surface area contributed by atoms with Gasteiger partial charge in [0.15, 0.2) is 0 Å². The molecule has 0 saturated heterocycles. The number of halogens is 2. The SMILES string of the molecule is O=C(Nc1ccccc1CBr)c1ccc(F)cn1. The van der Waals surface area contributed by atoms with Crippen LogP contribution in [0, 0.1) is 5.82 Å². The summed E-state index contributed by atoms with van der Waals surface area (Å²) in [7, 11) is 0. The maximum Gasteiger partial charge on any atom is 0.274 e. The fourth-order valence-corrected chi connectivity index (χ4v) is 1.94. The van der Waals surface area contributed by atoms with Crippen molar-refractivity contribution in [2.75, 3.05) is 5.32 Å². The van der Waals surface area contributed by atoms with Gasteiger partial charge in [-0.15, -0.1) is 0 Å². The molecule has 1 aromatic carbocycles. The number of anilines is 1. The van der Waals surface area contributed by atoms with E-state index in [2.05, 4.69) is 26.2 Å². The molecule has 0 saturated carbocycles. The molecule has 5 heteroatoms. The third kappa shape index (κ3) is 2.92. The molecule has 0 radical (unpaired) electrons. The lowest BCUT2D eigenvalue weighted by Crippen LogP contribution is -2.14. The summed E-state index contributed by atoms with van der Waals surface area (Å²) >= 11 is 3.35. The highest BCUT2D eigenvalue weighted by atomic mass is 79.9. The Labute approximate surface area is 112 Å². The Morgan fingerprint density at radius 2 is 2.06 bits per heavy atom. The molecule has 1 N–H and O–H groups in total. The van der Waals surface area contributed by atoms with Crippen molar-refractivity contribution in [3.63, 3.8) is 0 Å². The van der Waals surface area contributed by atoms with Crippen LogP contribution in [-0.4, -0.2) is 10.9 Å². The van der Waals surface area contributed by atoms with Crippen molar-refractivity contribution in [1.82, 2.24) is 4.98 Å². The summed E-state index contributed by atoms with van der Waals surface area (Å²) in [5, 5.41) is 3.38. The zero-order valence-electron chi connectivity index (χ0n) is 9.36. The zero-order chi connectivity index (χ0) is 13.0. The monoisotopic (exact) mass is 308 g/mol. The molecule has 0 atom stereocenters. The first-order valence-electron chi connectivity index (χ1n) is 5.27. The number of amides is 1. The number of carbonyl (C=O) groups is 1. The average molecular weight is 309 g/mol. The minimum atomic E-state index is -0.465. The molecule has 0 unspecified atom stereocenters. The van der Waals surface area contributed by atoms with E-state index in [1.54, 1.807) is 6.07 Å². The van der Waals surface area contributed by atoms with Crippen molar-refractivity contribution in [2.24, 2.45) is 0 Å². The number of hydrogen-bond donors (Lipinski definition) is 1. The molecular formula is C13H10BrFN2O. The molecule has 0 bridgehead atoms. The van der Waals surface area contributed by atoms with E-state index < -0.39 is 5.82 Å². The van der Waals surface area contributed by atoms with Crippen LogP contribution >= 0.6 is 15.9 Å². The summed E-state index contributed by atoms with van der Waals surface area (Å²) in [6.07, 6.45) is 1.02. The van der Waals surface area contributed by atoms with E-state index in [0.29, 0.717) is 11.0 Å². The number of aromatic nitrogens is 1. The maximum absolute atomic E-state index is 12.7. The zero-order valence-corrected chi connectivity index (χ0v) is 10.9. The molecule has 2 aromatic rings. The Hall–Kier alpha value is -1.75. The van der Waals surface area contributed by atoms with E-state index in [4.69, 9.17) is 0 Å². The molecule has 92 valence electrons. The van der Waals surface area contributed by atoms with E-state index in [-0.39, 0.29) is 11.6 Å². The van der Waals surface area contributed by atoms with Gasteiger partial charge in [-0.05, 0) is 23.8 Å². The first-order chi connectivity index (χ1) is 8.70. The smallest absolute Gasteiger partial charge is 0.274 e. The number of nitrogens with zero attached hydrogens (tertiary/aromatic N) is 1. The number of benzene rings is 1. The number of para-hydroxylation sites is 1. The topological polar surface area (TPSA) is 42.0 Å². The number of carbonyl (C=O) groups excluding carboxylic acids is 1. The Kier molecular flexibility index (Phi) is 4.04. The molecule has 0 aliphatic heterocycles. The van der Waals surface area contributed by atoms with Crippen LogP contribution in [0.25, 0.3) is 0 Å². The second-order valence-corrected chi connectivity index (χ2v) is 4.17. The van der Waals surface area contributed by atoms with Crippen LogP contribution in [0.4, 0.5) is 10.1 Å². The normalized spacial score (nSPS) is 10.1. The summed E-state index contributed by atoms with van der Waals surface area (Å²) in [5.41, 5.74) is 1.86. The van der Waals surface area contributed by atoms with Crippen molar-refractivity contribution >= 4 is 27.5 Å². The molecule has 0 spiro atoms. The first kappa shape index (κ1) is 12.7. The number of rotatable bonds is 3. The Morgan fingerprint density at radius 3 is 2.72 bits per heavy atom. The second-order valence-electron chi connectivity index (χ2n) is 3.61. The molecular weight excluding hydrogens is 299 g/mol. The maximum atomic E-state index is 12.7. The van der Waals surface area contributed by atoms with Gasteiger partial charge in [0.25, 0.3) is 5.91 Å². The summed E-state index contributed by atoms with van der Waals surface area (Å²) in [6, 6.07) is 9.99. The molecule has 1 amide bonds. The van der Waals surface area contributed by atoms with Gasteiger partial charge in [0.05, 0.1) is 6.20 Å². The molecule has 1 aromatic heterocycles. The number of hydrogen-bond acceptors (Lipinski definition) is 2. The molecule has 2 rings (SSSR count). The third-order valence-corrected chi connectivity index (χ3v) is 2.97. The minimum absolute atomic E-state index is 0.181. The lowest BCUT2D eigenvalue weighted by Gasteiger charge is -2.08. The molecule has 0 fully saturated rings. The van der Waals surface area contributed by atoms with E-state index in [0.717, 1.165) is 11.8 Å². The Balaban J connectivity index is 2.18. The van der Waals surface area contributed by atoms with Crippen molar-refractivity contribution in [1.29, 1.82) is 0 Å². The molecule has 3 nitrogen and oxygen atoms in total. The van der Waals surface area contributed by atoms with Crippen LogP contribution in [0.3, 0.4) is 0 Å². The molecule has 0 aliphatic carbocycles. The van der Waals surface area contributed by atoms with Gasteiger partial charge in [0.1, 0.15) is 11.5 Å². The highest BCUT2D eigenvalue weighted by Gasteiger charge is 2.09. The number of pyridine rings is 1. The summed E-state index contributed by atoms with van der Waals surface area (Å²) in [5.74, 6) is -0.823. The fourth-order valence-electron chi connectivity index (χ4n) is 1.46. The van der Waals surface area contributed by atoms with Gasteiger partial charge in [-0.25, -0.2) is 9.37 Å². The standard InChI is InChI=1S/C13H10BrFN2O/c14-7-9-3-1-2-4-11(9)17-13(18)12-6-5-10(15)8-16-12/h1-6,8H,7H2,(H,17,18). The van der Waals surface area contributed by atoms with Gasteiger partial charge in [-0.3, -0.25) is 4.79 Å². The van der Waals surface area contributed by atoms with E-state index in [9.17, 15) is 9.18 Å². The van der Waals surface area contributed by atoms with Crippen LogP contribution in [0.5, 0.6) is 0 Å². The van der Waals surface area contributed by atoms with Crippen LogP contribution < -0.4 is 5.32 Å². The van der Waals surface area contributed by atoms with Crippen LogP contribution in [-0.2, 0) is 5.33 Å². The quantitative estimate of drug-likeness (QED) is 0.883. The third-order valence-electron chi connectivity index (χ3n) is 2.37. The van der Waals surface area contributed by atoms with Crippen molar-refractivity contribution < 1.29 is 9.18 Å². The predicted molar refractivity (Wildman–Crippen MR) is 71.2 cm³/mol. The molecule has 0 aliphatic rings. The lowest BCUT2D eigenvalue weighted by atomic mass is 10.2. The van der Waals surface area contributed by atoms with Crippen molar-refractivity contribution in [3.8, 4) is 0 Å². The van der Waals surface area contributed by atoms with Gasteiger partial charge in [0.2, 0.25) is 0 Å². The summed E-state index contributed by atoms with van der Waals surface area (Å²) in [6.45, 7) is 0. The Bertz CT molecular complexity index is 557. The van der Waals surface area contributed by atoms with Gasteiger partial charge in [-0.1, -0.05) is 34.1 Å². The van der Waals surface area contributed by atoms with Crippen LogP contribution in [0.15, 0.2) is 42.6 Å². The van der Waals surface area contributed by atoms with Gasteiger partial charge < -0.3 is 5.32 Å². The van der Waals surface area contributed by atoms with Gasteiger partial charge in [-0.2, -0.15) is 0 Å². The lowest BCUT2D eigenvalue weighted by molar-refractivity contribution is 0.102. The van der Waals surface area contributed by atoms with E-state index in [1.807, 2.05) is 18.2 Å². The van der Waals surface area contributed by atoms with Crippen molar-refractivity contribution in [3.05, 3.63) is 59.7 Å². The summed E-state index contributed by atoms with van der Waals surface area (Å²) < 4.78 is 12.7. The Morgan fingerprint density at radius 1 is 1.28 bits per heavy atom. The average Bonchev–Trinajstić information content (AvgIpc) is 2.40. The van der Waals surface area contributed by atoms with E-state index in [1.165, 1.54) is 12.1 Å². The second kappa shape index (κ2) is 5.73. The largest absolute Gasteiger partial charge is 0.320 e. The molecule has 18 heavy (non-hydrogen) atoms. The fraction of sp³-hybridized carbons (Fsp3) is 0.0769. The van der Waals surface area contributed by atoms with Gasteiger partial charge in [0, 0.05) is 11.0 Å². The van der Waals surface area contributed by atoms with Crippen molar-refractivity contribution in [2.45, 2.75) is 5.33 Å². The van der Waals surface area contributed by atoms with Crippen LogP contribution in [0.2, 0.25) is 0 Å². The first-order valence-corrected chi connectivity index (χ1v) is 6.39. The van der Waals surface area contributed by atoms with Gasteiger partial charge >= 0.3 is 0 Å². The highest BCUT2D eigenvalue weighted by molar-refractivity contribution is 9.08. The van der Waals surface area contributed by atoms with Crippen LogP contribution in [0.1, 0.15) is 16.1 Å². The van der Waals surface area contributed by atoms with E-state index >= 15 is 0 Å². The summed E-state index contributed by atoms with van der Waals surface area (Å²) in [4.78, 5) is 15.6.